The van der Waals surface area contributed by atoms with Crippen LogP contribution in [0.1, 0.15) is 11.1 Å². The van der Waals surface area contributed by atoms with Gasteiger partial charge in [0.05, 0.1) is 31.1 Å². The highest BCUT2D eigenvalue weighted by Gasteiger charge is 2.25. The maximum atomic E-state index is 5.84. The Morgan fingerprint density at radius 2 is 1.04 bits per heavy atom. The molecule has 27 heavy (non-hydrogen) atoms. The van der Waals surface area contributed by atoms with Crippen molar-refractivity contribution in [2.75, 3.05) is 26.4 Å². The van der Waals surface area contributed by atoms with E-state index in [1.807, 2.05) is 0 Å². The van der Waals surface area contributed by atoms with Gasteiger partial charge in [0.2, 0.25) is 0 Å². The third-order valence-electron chi connectivity index (χ3n) is 4.16. The van der Waals surface area contributed by atoms with Gasteiger partial charge < -0.3 is 18.9 Å². The molecule has 0 N–H and O–H groups in total. The van der Waals surface area contributed by atoms with Crippen molar-refractivity contribution in [1.29, 1.82) is 0 Å². The monoisotopic (exact) mass is 624 g/mol. The van der Waals surface area contributed by atoms with E-state index in [2.05, 4.69) is 88.0 Å². The minimum Gasteiger partial charge on any atom is -0.488 e. The highest BCUT2D eigenvalue weighted by Crippen LogP contribution is 2.38. The van der Waals surface area contributed by atoms with Gasteiger partial charge in [0.15, 0.2) is 0 Å². The largest absolute Gasteiger partial charge is 0.488 e. The zero-order chi connectivity index (χ0) is 19.0. The molecule has 144 valence electrons. The number of rotatable bonds is 8. The minimum absolute atomic E-state index is 0.227. The Morgan fingerprint density at radius 1 is 0.704 bits per heavy atom. The fourth-order valence-corrected chi connectivity index (χ4v) is 5.64. The van der Waals surface area contributed by atoms with Crippen LogP contribution in [-0.2, 0) is 15.9 Å². The van der Waals surface area contributed by atoms with Gasteiger partial charge in [-0.05, 0) is 106 Å². The first-order valence-corrected chi connectivity index (χ1v) is 11.6. The summed E-state index contributed by atoms with van der Waals surface area (Å²) < 4.78 is 25.8. The van der Waals surface area contributed by atoms with E-state index in [4.69, 9.17) is 18.9 Å². The molecule has 0 amide bonds. The maximum Gasteiger partial charge on any atom is 0.147 e. The molecular formula is C19H16Br4O4. The van der Waals surface area contributed by atoms with Crippen molar-refractivity contribution in [3.63, 3.8) is 0 Å². The van der Waals surface area contributed by atoms with E-state index in [9.17, 15) is 0 Å². The quantitative estimate of drug-likeness (QED) is 0.343. The minimum atomic E-state index is 0.227. The standard InChI is InChI=1S/C19H16Br4O4/c20-14-2-10(3-15(21)18(14)26-8-12-6-24-12)1-11-4-16(22)19(17(23)5-11)27-9-13-7-25-13/h2-5,12-13H,1,6-9H2. The van der Waals surface area contributed by atoms with Crippen molar-refractivity contribution in [1.82, 2.24) is 0 Å². The highest BCUT2D eigenvalue weighted by atomic mass is 79.9. The molecule has 2 unspecified atom stereocenters. The van der Waals surface area contributed by atoms with E-state index in [1.54, 1.807) is 0 Å². The SMILES string of the molecule is Brc1cc(Cc2cc(Br)c(OCC3CO3)c(Br)c2)cc(Br)c1OCC1CO1. The molecule has 2 saturated heterocycles. The van der Waals surface area contributed by atoms with Crippen LogP contribution in [0.25, 0.3) is 0 Å². The molecule has 2 aliphatic heterocycles. The number of ether oxygens (including phenoxy) is 4. The van der Waals surface area contributed by atoms with Gasteiger partial charge in [0.1, 0.15) is 36.9 Å². The van der Waals surface area contributed by atoms with E-state index < -0.39 is 0 Å². The van der Waals surface area contributed by atoms with E-state index in [0.29, 0.717) is 13.2 Å². The van der Waals surface area contributed by atoms with Crippen molar-refractivity contribution in [3.05, 3.63) is 53.3 Å². The molecule has 0 spiro atoms. The van der Waals surface area contributed by atoms with Crippen molar-refractivity contribution in [2.45, 2.75) is 18.6 Å². The van der Waals surface area contributed by atoms with E-state index in [1.165, 1.54) is 11.1 Å². The van der Waals surface area contributed by atoms with Crippen LogP contribution in [-0.4, -0.2) is 38.6 Å². The highest BCUT2D eigenvalue weighted by molar-refractivity contribution is 9.11. The Morgan fingerprint density at radius 3 is 1.33 bits per heavy atom. The lowest BCUT2D eigenvalue weighted by molar-refractivity contribution is 0.260. The molecular weight excluding hydrogens is 612 g/mol. The van der Waals surface area contributed by atoms with Crippen LogP contribution >= 0.6 is 63.7 Å². The van der Waals surface area contributed by atoms with Gasteiger partial charge in [-0.25, -0.2) is 0 Å². The Bertz CT molecular complexity index is 734. The van der Waals surface area contributed by atoms with Gasteiger partial charge >= 0.3 is 0 Å². The molecule has 0 bridgehead atoms. The molecule has 0 radical (unpaired) electrons. The third-order valence-corrected chi connectivity index (χ3v) is 6.51. The lowest BCUT2D eigenvalue weighted by Gasteiger charge is -2.14. The lowest BCUT2D eigenvalue weighted by Crippen LogP contribution is -2.06. The Labute approximate surface area is 191 Å². The van der Waals surface area contributed by atoms with Crippen molar-refractivity contribution in [3.8, 4) is 11.5 Å². The smallest absolute Gasteiger partial charge is 0.147 e. The summed E-state index contributed by atoms with van der Waals surface area (Å²) in [5, 5.41) is 0. The molecule has 4 nitrogen and oxygen atoms in total. The third kappa shape index (κ3) is 5.48. The Balaban J connectivity index is 1.47. The molecule has 0 saturated carbocycles. The number of epoxide rings is 2. The molecule has 8 heteroatoms. The van der Waals surface area contributed by atoms with Crippen LogP contribution < -0.4 is 9.47 Å². The van der Waals surface area contributed by atoms with Crippen LogP contribution in [0.3, 0.4) is 0 Å². The normalized spacial score (nSPS) is 20.4. The van der Waals surface area contributed by atoms with E-state index >= 15 is 0 Å². The maximum absolute atomic E-state index is 5.84. The second kappa shape index (κ2) is 8.71. The van der Waals surface area contributed by atoms with E-state index in [-0.39, 0.29) is 12.2 Å². The molecule has 2 aromatic rings. The van der Waals surface area contributed by atoms with Gasteiger partial charge in [0.25, 0.3) is 0 Å². The fourth-order valence-electron chi connectivity index (χ4n) is 2.62. The second-order valence-electron chi connectivity index (χ2n) is 6.49. The van der Waals surface area contributed by atoms with Crippen LogP contribution in [0.5, 0.6) is 11.5 Å². The van der Waals surface area contributed by atoms with Crippen LogP contribution in [0.15, 0.2) is 42.2 Å². The first-order valence-electron chi connectivity index (χ1n) is 8.44. The summed E-state index contributed by atoms with van der Waals surface area (Å²) in [6.07, 6.45) is 1.24. The molecule has 2 aromatic carbocycles. The van der Waals surface area contributed by atoms with Crippen molar-refractivity contribution in [2.24, 2.45) is 0 Å². The zero-order valence-electron chi connectivity index (χ0n) is 14.1. The molecule has 0 aliphatic carbocycles. The summed E-state index contributed by atoms with van der Waals surface area (Å²) in [4.78, 5) is 0. The summed E-state index contributed by atoms with van der Waals surface area (Å²) in [6.45, 7) is 2.71. The van der Waals surface area contributed by atoms with Gasteiger partial charge in [-0.15, -0.1) is 0 Å². The number of halogens is 4. The Kier molecular flexibility index (Phi) is 6.51. The topological polar surface area (TPSA) is 43.5 Å². The van der Waals surface area contributed by atoms with Gasteiger partial charge in [-0.1, -0.05) is 0 Å². The molecule has 2 fully saturated rings. The first kappa shape index (κ1) is 20.2. The predicted octanol–water partition coefficient (Wildman–Crippen LogP) is 5.88. The number of benzene rings is 2. The zero-order valence-corrected chi connectivity index (χ0v) is 20.5. The summed E-state index contributed by atoms with van der Waals surface area (Å²) in [6, 6.07) is 8.35. The lowest BCUT2D eigenvalue weighted by atomic mass is 10.0. The van der Waals surface area contributed by atoms with Crippen LogP contribution in [0, 0.1) is 0 Å². The van der Waals surface area contributed by atoms with Gasteiger partial charge in [-0.2, -0.15) is 0 Å². The molecule has 2 heterocycles. The van der Waals surface area contributed by atoms with E-state index in [0.717, 1.165) is 49.0 Å². The summed E-state index contributed by atoms with van der Waals surface area (Å²) in [5.41, 5.74) is 2.34. The summed E-state index contributed by atoms with van der Waals surface area (Å²) >= 11 is 14.5. The molecule has 0 aromatic heterocycles. The number of hydrogen-bond acceptors (Lipinski definition) is 4. The second-order valence-corrected chi connectivity index (χ2v) is 9.90. The molecule has 2 aliphatic rings. The van der Waals surface area contributed by atoms with Crippen molar-refractivity contribution < 1.29 is 18.9 Å². The van der Waals surface area contributed by atoms with Crippen molar-refractivity contribution >= 4 is 63.7 Å². The number of hydrogen-bond donors (Lipinski definition) is 0. The van der Waals surface area contributed by atoms with Crippen LogP contribution in [0.2, 0.25) is 0 Å². The average Bonchev–Trinajstić information content (AvgIpc) is 3.48. The summed E-state index contributed by atoms with van der Waals surface area (Å²) in [7, 11) is 0. The molecule has 4 rings (SSSR count). The predicted molar refractivity (Wildman–Crippen MR) is 117 cm³/mol. The first-order chi connectivity index (χ1) is 13.0. The average molecular weight is 628 g/mol. The van der Waals surface area contributed by atoms with Gasteiger partial charge in [-0.3, -0.25) is 0 Å². The Hall–Kier alpha value is -0.120. The molecule has 2 atom stereocenters. The summed E-state index contributed by atoms with van der Waals surface area (Å²) in [5.74, 6) is 1.62. The van der Waals surface area contributed by atoms with Crippen LogP contribution in [0.4, 0.5) is 0 Å². The fraction of sp³-hybridized carbons (Fsp3) is 0.368. The van der Waals surface area contributed by atoms with Gasteiger partial charge in [0, 0.05) is 0 Å².